The van der Waals surface area contributed by atoms with Crippen LogP contribution in [-0.4, -0.2) is 18.4 Å². The highest BCUT2D eigenvalue weighted by Crippen LogP contribution is 2.26. The van der Waals surface area contributed by atoms with E-state index in [1.54, 1.807) is 25.1 Å². The van der Waals surface area contributed by atoms with Gasteiger partial charge in [0.25, 0.3) is 10.0 Å². The van der Waals surface area contributed by atoms with Crippen LogP contribution in [0.2, 0.25) is 10.0 Å². The van der Waals surface area contributed by atoms with Crippen molar-refractivity contribution in [3.8, 4) is 0 Å². The third-order valence-electron chi connectivity index (χ3n) is 3.01. The standard InChI is InChI=1S/C13H15Cl2N3O2S/c1-3-12-16-7-13(17-12)21(19,20)18-8(2)9-4-5-10(14)11(15)6-9/h4-8,18H,3H2,1-2H3,(H,16,17). The third-order valence-corrected chi connectivity index (χ3v) is 5.19. The molecule has 2 aromatic rings. The molecule has 8 heteroatoms. The summed E-state index contributed by atoms with van der Waals surface area (Å²) in [6.45, 7) is 3.62. The largest absolute Gasteiger partial charge is 0.332 e. The number of benzene rings is 1. The van der Waals surface area contributed by atoms with Gasteiger partial charge >= 0.3 is 0 Å². The molecule has 0 spiro atoms. The molecule has 1 unspecified atom stereocenters. The molecule has 0 aliphatic rings. The number of hydrogen-bond donors (Lipinski definition) is 2. The van der Waals surface area contributed by atoms with Crippen molar-refractivity contribution in [2.75, 3.05) is 0 Å². The predicted octanol–water partition coefficient (Wildman–Crippen LogP) is 3.32. The van der Waals surface area contributed by atoms with Gasteiger partial charge in [0.2, 0.25) is 0 Å². The lowest BCUT2D eigenvalue weighted by Gasteiger charge is -2.14. The molecule has 1 aromatic carbocycles. The average molecular weight is 348 g/mol. The van der Waals surface area contributed by atoms with E-state index in [-0.39, 0.29) is 5.03 Å². The lowest BCUT2D eigenvalue weighted by Crippen LogP contribution is -2.27. The molecule has 114 valence electrons. The number of aryl methyl sites for hydroxylation is 1. The summed E-state index contributed by atoms with van der Waals surface area (Å²) in [6, 6.07) is 4.56. The second-order valence-corrected chi connectivity index (χ2v) is 7.06. The van der Waals surface area contributed by atoms with Gasteiger partial charge in [0.05, 0.1) is 16.2 Å². The predicted molar refractivity (Wildman–Crippen MR) is 83.2 cm³/mol. The topological polar surface area (TPSA) is 74.8 Å². The van der Waals surface area contributed by atoms with E-state index in [0.29, 0.717) is 22.3 Å². The molecule has 0 saturated carbocycles. The number of rotatable bonds is 5. The molecule has 0 bridgehead atoms. The Kier molecular flexibility index (Phi) is 4.93. The van der Waals surface area contributed by atoms with Gasteiger partial charge in [-0.3, -0.25) is 0 Å². The number of imidazole rings is 1. The van der Waals surface area contributed by atoms with E-state index < -0.39 is 16.1 Å². The number of nitrogens with zero attached hydrogens (tertiary/aromatic N) is 1. The Bertz CT molecular complexity index is 744. The Morgan fingerprint density at radius 3 is 2.62 bits per heavy atom. The highest BCUT2D eigenvalue weighted by molar-refractivity contribution is 7.89. The average Bonchev–Trinajstić information content (AvgIpc) is 2.91. The molecule has 0 aliphatic carbocycles. The van der Waals surface area contributed by atoms with Crippen LogP contribution in [0.3, 0.4) is 0 Å². The minimum absolute atomic E-state index is 0.0475. The molecule has 5 nitrogen and oxygen atoms in total. The molecule has 0 saturated heterocycles. The molecule has 0 amide bonds. The molecule has 2 N–H and O–H groups in total. The number of H-pyrrole nitrogens is 1. The highest BCUT2D eigenvalue weighted by Gasteiger charge is 2.21. The van der Waals surface area contributed by atoms with Crippen molar-refractivity contribution >= 4 is 33.2 Å². The number of nitrogens with one attached hydrogen (secondary N) is 2. The molecule has 2 rings (SSSR count). The van der Waals surface area contributed by atoms with Crippen LogP contribution in [0.4, 0.5) is 0 Å². The third kappa shape index (κ3) is 3.77. The zero-order valence-electron chi connectivity index (χ0n) is 11.5. The van der Waals surface area contributed by atoms with Crippen molar-refractivity contribution in [3.63, 3.8) is 0 Å². The summed E-state index contributed by atoms with van der Waals surface area (Å²) in [5, 5.41) is 0.859. The van der Waals surface area contributed by atoms with Gasteiger partial charge in [0.1, 0.15) is 5.82 Å². The van der Waals surface area contributed by atoms with Crippen LogP contribution in [0, 0.1) is 0 Å². The maximum atomic E-state index is 12.3. The molecule has 1 aromatic heterocycles. The lowest BCUT2D eigenvalue weighted by atomic mass is 10.1. The van der Waals surface area contributed by atoms with Crippen molar-refractivity contribution in [1.29, 1.82) is 0 Å². The first kappa shape index (κ1) is 16.3. The van der Waals surface area contributed by atoms with E-state index in [4.69, 9.17) is 23.2 Å². The molecule has 21 heavy (non-hydrogen) atoms. The normalized spacial score (nSPS) is 13.3. The molecular formula is C13H15Cl2N3O2S. The van der Waals surface area contributed by atoms with Gasteiger partial charge in [0.15, 0.2) is 5.03 Å². The molecule has 0 fully saturated rings. The summed E-state index contributed by atoms with van der Waals surface area (Å²) >= 11 is 11.8. The van der Waals surface area contributed by atoms with E-state index in [0.717, 1.165) is 5.56 Å². The molecule has 1 atom stereocenters. The Balaban J connectivity index is 2.21. The number of halogens is 2. The number of aromatic amines is 1. The van der Waals surface area contributed by atoms with Gasteiger partial charge in [-0.2, -0.15) is 0 Å². The van der Waals surface area contributed by atoms with Gasteiger partial charge in [-0.15, -0.1) is 0 Å². The van der Waals surface area contributed by atoms with Crippen LogP contribution in [0.25, 0.3) is 0 Å². The van der Waals surface area contributed by atoms with E-state index in [1.165, 1.54) is 6.20 Å². The summed E-state index contributed by atoms with van der Waals surface area (Å²) in [7, 11) is -3.66. The van der Waals surface area contributed by atoms with Crippen LogP contribution in [0.15, 0.2) is 29.4 Å². The molecule has 0 radical (unpaired) electrons. The first-order chi connectivity index (χ1) is 9.83. The second kappa shape index (κ2) is 6.36. The van der Waals surface area contributed by atoms with Crippen LogP contribution in [0.5, 0.6) is 0 Å². The van der Waals surface area contributed by atoms with Crippen molar-refractivity contribution < 1.29 is 8.42 Å². The Hall–Kier alpha value is -1.08. The summed E-state index contributed by atoms with van der Waals surface area (Å²) < 4.78 is 27.1. The van der Waals surface area contributed by atoms with Crippen molar-refractivity contribution in [3.05, 3.63) is 45.8 Å². The molecule has 0 aliphatic heterocycles. The molecular weight excluding hydrogens is 333 g/mol. The number of hydrogen-bond acceptors (Lipinski definition) is 3. The Labute approximate surface area is 133 Å². The first-order valence-electron chi connectivity index (χ1n) is 6.34. The quantitative estimate of drug-likeness (QED) is 0.870. The van der Waals surface area contributed by atoms with Gasteiger partial charge in [-0.05, 0) is 24.6 Å². The van der Waals surface area contributed by atoms with Gasteiger partial charge in [-0.1, -0.05) is 36.2 Å². The summed E-state index contributed by atoms with van der Waals surface area (Å²) in [4.78, 5) is 6.77. The maximum Gasteiger partial charge on any atom is 0.258 e. The van der Waals surface area contributed by atoms with Crippen LogP contribution < -0.4 is 4.72 Å². The van der Waals surface area contributed by atoms with E-state index >= 15 is 0 Å². The van der Waals surface area contributed by atoms with Crippen LogP contribution in [-0.2, 0) is 16.4 Å². The van der Waals surface area contributed by atoms with Crippen LogP contribution >= 0.6 is 23.2 Å². The van der Waals surface area contributed by atoms with E-state index in [1.807, 2.05) is 6.92 Å². The second-order valence-electron chi connectivity index (χ2n) is 4.56. The van der Waals surface area contributed by atoms with Gasteiger partial charge in [-0.25, -0.2) is 18.1 Å². The number of aromatic nitrogens is 2. The fraction of sp³-hybridized carbons (Fsp3) is 0.308. The smallest absolute Gasteiger partial charge is 0.258 e. The van der Waals surface area contributed by atoms with E-state index in [2.05, 4.69) is 14.7 Å². The SMILES string of the molecule is CCc1ncc(S(=O)(=O)NC(C)c2ccc(Cl)c(Cl)c2)[nH]1. The zero-order chi connectivity index (χ0) is 15.6. The molecule has 1 heterocycles. The van der Waals surface area contributed by atoms with Crippen molar-refractivity contribution in [1.82, 2.24) is 14.7 Å². The fourth-order valence-corrected chi connectivity index (χ4v) is 3.28. The summed E-state index contributed by atoms with van der Waals surface area (Å²) in [5.74, 6) is 0.623. The summed E-state index contributed by atoms with van der Waals surface area (Å²) in [6.07, 6.45) is 1.95. The van der Waals surface area contributed by atoms with E-state index in [9.17, 15) is 8.42 Å². The Morgan fingerprint density at radius 2 is 2.05 bits per heavy atom. The van der Waals surface area contributed by atoms with Gasteiger partial charge in [0, 0.05) is 12.5 Å². The van der Waals surface area contributed by atoms with Crippen LogP contribution in [0.1, 0.15) is 31.3 Å². The zero-order valence-corrected chi connectivity index (χ0v) is 13.9. The maximum absolute atomic E-state index is 12.3. The fourth-order valence-electron chi connectivity index (χ4n) is 1.81. The Morgan fingerprint density at radius 1 is 1.33 bits per heavy atom. The minimum atomic E-state index is -3.66. The minimum Gasteiger partial charge on any atom is -0.332 e. The monoisotopic (exact) mass is 347 g/mol. The van der Waals surface area contributed by atoms with Gasteiger partial charge < -0.3 is 4.98 Å². The van der Waals surface area contributed by atoms with Crippen molar-refractivity contribution in [2.24, 2.45) is 0 Å². The lowest BCUT2D eigenvalue weighted by molar-refractivity contribution is 0.563. The highest BCUT2D eigenvalue weighted by atomic mass is 35.5. The number of sulfonamides is 1. The summed E-state index contributed by atoms with van der Waals surface area (Å²) in [5.41, 5.74) is 0.725. The van der Waals surface area contributed by atoms with Crippen molar-refractivity contribution in [2.45, 2.75) is 31.3 Å². The first-order valence-corrected chi connectivity index (χ1v) is 8.58.